The number of thiazole rings is 1. The van der Waals surface area contributed by atoms with Crippen LogP contribution >= 0.6 is 23.1 Å². The van der Waals surface area contributed by atoms with Gasteiger partial charge in [0.05, 0.1) is 39.0 Å². The zero-order valence-corrected chi connectivity index (χ0v) is 33.9. The largest absolute Gasteiger partial charge is 0.335 e. The molecule has 0 spiro atoms. The lowest BCUT2D eigenvalue weighted by Crippen LogP contribution is -2.68. The highest BCUT2D eigenvalue weighted by Crippen LogP contribution is 2.47. The Balaban J connectivity index is 0.000000966. The second-order valence-electron chi connectivity index (χ2n) is 14.1. The van der Waals surface area contributed by atoms with Gasteiger partial charge in [-0.15, -0.1) is 10.2 Å². The fourth-order valence-corrected chi connectivity index (χ4v) is 9.88. The molecule has 300 valence electrons. The van der Waals surface area contributed by atoms with Gasteiger partial charge in [0.25, 0.3) is 28.6 Å². The zero-order chi connectivity index (χ0) is 40.8. The molecule has 0 saturated heterocycles. The van der Waals surface area contributed by atoms with Gasteiger partial charge in [-0.05, 0) is 68.1 Å². The highest BCUT2D eigenvalue weighted by Gasteiger charge is 2.35. The maximum Gasteiger partial charge on any atom is 0.265 e. The Bertz CT molecular complexity index is 2300. The molecule has 0 aliphatic carbocycles. The van der Waals surface area contributed by atoms with Crippen LogP contribution in [0.25, 0.3) is 16.3 Å². The number of anilines is 1. The van der Waals surface area contributed by atoms with E-state index in [0.29, 0.717) is 35.3 Å². The van der Waals surface area contributed by atoms with Gasteiger partial charge in [0.1, 0.15) is 4.70 Å². The van der Waals surface area contributed by atoms with Crippen LogP contribution in [0.2, 0.25) is 0 Å². The average Bonchev–Trinajstić information content (AvgIpc) is 3.89. The number of carbonyl (C=O) groups excluding carboxylic acids is 4. The first-order valence-electron chi connectivity index (χ1n) is 19.2. The molecule has 8 rings (SSSR count). The number of aryl methyl sites for hydroxylation is 1. The van der Waals surface area contributed by atoms with Crippen molar-refractivity contribution in [3.8, 4) is 0 Å². The number of imide groups is 2. The van der Waals surface area contributed by atoms with Crippen molar-refractivity contribution in [1.82, 2.24) is 9.80 Å². The number of nitrogens with zero attached hydrogens (tertiary/aromatic N) is 4. The molecule has 15 heteroatoms. The van der Waals surface area contributed by atoms with Crippen LogP contribution in [-0.2, 0) is 6.54 Å². The first-order chi connectivity index (χ1) is 28.0. The molecule has 4 aromatic carbocycles. The fraction of sp³-hybridized carbons (Fsp3) is 0.279. The van der Waals surface area contributed by atoms with Gasteiger partial charge in [-0.3, -0.25) is 29.0 Å². The Morgan fingerprint density at radius 1 is 0.534 bits per heavy atom. The molecular formula is C43H41ClN4O8S2. The number of halogens is 1. The van der Waals surface area contributed by atoms with Crippen LogP contribution < -0.4 is 28.1 Å². The Kier molecular flexibility index (Phi) is 13.0. The van der Waals surface area contributed by atoms with Crippen LogP contribution in [0.5, 0.6) is 0 Å². The standard InChI is InChI=1S/C43H41N4O4S2.ClHO4/c48-40-30-17-5-6-18-31(30)41(49)46(40)27-15-3-1-13-25-44-34-21-9-11-23-36(34)52-38(44)29-39-45(35-22-10-12-24-37(35)53-39)26-14-2-4-16-28-47-42(50)32-19-7-8-20-33(32)43(47)51;2-1(3,4)5/h5-12,17-24,29H,1-4,13-16,25-28H2;(H,2,3,4,5)/q+1;/p-1. The SMILES string of the molecule is O=C1c2ccccc2C(=O)N1CCCCCCN1C(=Cc2sc3ccccc3[n+]2CCCCCCN2C(=O)c3ccccc3C2=O)Sc2ccccc21.[O-][Cl+3]([O-])([O-])[O-]. The van der Waals surface area contributed by atoms with Gasteiger partial charge in [0, 0.05) is 37.0 Å². The predicted octanol–water partition coefficient (Wildman–Crippen LogP) is 4.06. The molecule has 0 atom stereocenters. The summed E-state index contributed by atoms with van der Waals surface area (Å²) in [6.45, 7) is 2.69. The van der Waals surface area contributed by atoms with E-state index in [-0.39, 0.29) is 23.6 Å². The van der Waals surface area contributed by atoms with Crippen LogP contribution in [0, 0.1) is 10.2 Å². The minimum Gasteiger partial charge on any atom is -0.335 e. The van der Waals surface area contributed by atoms with E-state index in [4.69, 9.17) is 18.6 Å². The molecule has 3 aliphatic heterocycles. The number of hydrogen-bond acceptors (Lipinski definition) is 11. The fourth-order valence-electron chi connectivity index (χ4n) is 7.56. The minimum atomic E-state index is -4.94. The molecule has 58 heavy (non-hydrogen) atoms. The van der Waals surface area contributed by atoms with Crippen molar-refractivity contribution in [3.63, 3.8) is 0 Å². The summed E-state index contributed by atoms with van der Waals surface area (Å²) in [6, 6.07) is 31.3. The van der Waals surface area contributed by atoms with Crippen molar-refractivity contribution in [2.75, 3.05) is 24.5 Å². The van der Waals surface area contributed by atoms with Crippen LogP contribution in [-0.4, -0.2) is 53.1 Å². The molecule has 0 saturated carbocycles. The van der Waals surface area contributed by atoms with Crippen molar-refractivity contribution in [2.45, 2.75) is 62.8 Å². The number of fused-ring (bicyclic) bond motifs is 4. The number of aromatic nitrogens is 1. The maximum absolute atomic E-state index is 12.7. The highest BCUT2D eigenvalue weighted by molar-refractivity contribution is 8.03. The van der Waals surface area contributed by atoms with Gasteiger partial charge in [0.15, 0.2) is 6.54 Å². The van der Waals surface area contributed by atoms with Crippen LogP contribution in [0.1, 0.15) is 97.8 Å². The molecule has 3 aliphatic rings. The highest BCUT2D eigenvalue weighted by atomic mass is 35.7. The number of hydrogen-bond donors (Lipinski definition) is 0. The molecule has 4 heterocycles. The molecule has 0 bridgehead atoms. The summed E-state index contributed by atoms with van der Waals surface area (Å²) in [5.41, 5.74) is 4.53. The lowest BCUT2D eigenvalue weighted by molar-refractivity contribution is -2.00. The third-order valence-corrected chi connectivity index (χ3v) is 12.5. The van der Waals surface area contributed by atoms with E-state index >= 15 is 0 Å². The van der Waals surface area contributed by atoms with E-state index in [1.807, 2.05) is 23.1 Å². The number of carbonyl (C=O) groups is 4. The molecule has 5 aromatic rings. The summed E-state index contributed by atoms with van der Waals surface area (Å²) in [4.78, 5) is 57.5. The summed E-state index contributed by atoms with van der Waals surface area (Å²) in [5, 5.41) is 2.44. The molecule has 0 unspecified atom stereocenters. The minimum absolute atomic E-state index is 0.177. The van der Waals surface area contributed by atoms with E-state index in [2.05, 4.69) is 64.1 Å². The first-order valence-corrected chi connectivity index (χ1v) is 22.1. The summed E-state index contributed by atoms with van der Waals surface area (Å²) >= 11 is 3.64. The Morgan fingerprint density at radius 3 is 1.50 bits per heavy atom. The second-order valence-corrected chi connectivity index (χ2v) is 17.0. The summed E-state index contributed by atoms with van der Waals surface area (Å²) in [6.07, 6.45) is 9.86. The second kappa shape index (κ2) is 18.3. The van der Waals surface area contributed by atoms with Crippen molar-refractivity contribution < 1.29 is 52.6 Å². The molecule has 4 amide bonds. The van der Waals surface area contributed by atoms with E-state index in [0.717, 1.165) is 64.5 Å². The number of thioether (sulfide) groups is 1. The normalized spacial score (nSPS) is 15.4. The average molecular weight is 841 g/mol. The Hall–Kier alpha value is -4.93. The van der Waals surface area contributed by atoms with Crippen LogP contribution in [0.4, 0.5) is 5.69 Å². The number of benzene rings is 4. The molecule has 1 aromatic heterocycles. The molecule has 0 fully saturated rings. The van der Waals surface area contributed by atoms with Crippen molar-refractivity contribution >= 4 is 68.7 Å². The monoisotopic (exact) mass is 840 g/mol. The Morgan fingerprint density at radius 2 is 0.966 bits per heavy atom. The van der Waals surface area contributed by atoms with Crippen molar-refractivity contribution in [3.05, 3.63) is 129 Å². The molecule has 0 N–H and O–H groups in total. The molecule has 0 radical (unpaired) electrons. The number of rotatable bonds is 15. The van der Waals surface area contributed by atoms with E-state index in [1.54, 1.807) is 48.5 Å². The van der Waals surface area contributed by atoms with E-state index in [9.17, 15) is 19.2 Å². The summed E-state index contributed by atoms with van der Waals surface area (Å²) in [7, 11) is -4.94. The Labute approximate surface area is 346 Å². The summed E-state index contributed by atoms with van der Waals surface area (Å²) < 4.78 is 37.7. The topological polar surface area (TPSA) is 174 Å². The van der Waals surface area contributed by atoms with Crippen LogP contribution in [0.15, 0.2) is 107 Å². The van der Waals surface area contributed by atoms with Crippen molar-refractivity contribution in [2.24, 2.45) is 0 Å². The maximum atomic E-state index is 12.7. The number of amides is 4. The predicted molar refractivity (Wildman–Crippen MR) is 210 cm³/mol. The van der Waals surface area contributed by atoms with Gasteiger partial charge >= 0.3 is 0 Å². The number of para-hydroxylation sites is 2. The first kappa shape index (κ1) is 41.2. The number of unbranched alkanes of at least 4 members (excludes halogenated alkanes) is 6. The van der Waals surface area contributed by atoms with Gasteiger partial charge in [0.2, 0.25) is 5.52 Å². The quantitative estimate of drug-likeness (QED) is 0.0850. The lowest BCUT2D eigenvalue weighted by atomic mass is 10.1. The van der Waals surface area contributed by atoms with Crippen LogP contribution in [0.3, 0.4) is 0 Å². The lowest BCUT2D eigenvalue weighted by Gasteiger charge is -2.20. The third kappa shape index (κ3) is 9.34. The van der Waals surface area contributed by atoms with E-state index in [1.165, 1.54) is 40.6 Å². The van der Waals surface area contributed by atoms with Gasteiger partial charge in [-0.25, -0.2) is 18.6 Å². The smallest absolute Gasteiger partial charge is 0.265 e. The summed E-state index contributed by atoms with van der Waals surface area (Å²) in [5.74, 6) is -0.707. The van der Waals surface area contributed by atoms with E-state index < -0.39 is 10.2 Å². The molecular weight excluding hydrogens is 800 g/mol. The van der Waals surface area contributed by atoms with Crippen molar-refractivity contribution in [1.29, 1.82) is 0 Å². The molecule has 12 nitrogen and oxygen atoms in total. The van der Waals surface area contributed by atoms with Gasteiger partial charge < -0.3 is 4.90 Å². The zero-order valence-electron chi connectivity index (χ0n) is 31.5. The van der Waals surface area contributed by atoms with Gasteiger partial charge in [-0.1, -0.05) is 90.9 Å². The third-order valence-electron chi connectivity index (χ3n) is 10.3. The van der Waals surface area contributed by atoms with Gasteiger partial charge in [-0.2, -0.15) is 4.57 Å².